The number of pyridine rings is 2. The summed E-state index contributed by atoms with van der Waals surface area (Å²) in [7, 11) is 0. The minimum atomic E-state index is 0.911. The molecule has 0 unspecified atom stereocenters. The average Bonchev–Trinajstić information content (AvgIpc) is 2.82. The Kier molecular flexibility index (Phi) is 10.3. The zero-order valence-corrected chi connectivity index (χ0v) is 19.4. The van der Waals surface area contributed by atoms with Crippen LogP contribution in [0.25, 0.3) is 11.1 Å². The van der Waals surface area contributed by atoms with Gasteiger partial charge in [0, 0.05) is 36.2 Å². The molecule has 0 atom stereocenters. The molecular formula is C29H40N2+2. The first kappa shape index (κ1) is 23.2. The van der Waals surface area contributed by atoms with Crippen molar-refractivity contribution in [2.45, 2.75) is 84.2 Å². The van der Waals surface area contributed by atoms with Gasteiger partial charge in [-0.3, -0.25) is 0 Å². The zero-order chi connectivity index (χ0) is 21.6. The van der Waals surface area contributed by atoms with Gasteiger partial charge >= 0.3 is 0 Å². The largest absolute Gasteiger partial charge is 0.205 e. The smallest absolute Gasteiger partial charge is 0.173 e. The van der Waals surface area contributed by atoms with Gasteiger partial charge < -0.3 is 0 Å². The lowest BCUT2D eigenvalue weighted by atomic mass is 10.1. The molecule has 3 aromatic rings. The van der Waals surface area contributed by atoms with E-state index >= 15 is 0 Å². The van der Waals surface area contributed by atoms with Gasteiger partial charge in [0.25, 0.3) is 0 Å². The number of aromatic nitrogens is 2. The fourth-order valence-electron chi connectivity index (χ4n) is 4.13. The number of unbranched alkanes of at least 4 members (excludes halogenated alkanes) is 9. The van der Waals surface area contributed by atoms with Crippen molar-refractivity contribution in [1.29, 1.82) is 0 Å². The van der Waals surface area contributed by atoms with Gasteiger partial charge in [-0.1, -0.05) is 88.6 Å². The zero-order valence-electron chi connectivity index (χ0n) is 19.4. The fraction of sp³-hybridized carbons (Fsp3) is 0.448. The summed E-state index contributed by atoms with van der Waals surface area (Å²) in [5, 5.41) is 0. The van der Waals surface area contributed by atoms with Crippen LogP contribution in [-0.2, 0) is 13.1 Å². The highest BCUT2D eigenvalue weighted by molar-refractivity contribution is 5.60. The van der Waals surface area contributed by atoms with E-state index in [4.69, 9.17) is 0 Å². The molecule has 164 valence electrons. The number of benzene rings is 1. The lowest BCUT2D eigenvalue weighted by molar-refractivity contribution is -0.697. The Morgan fingerprint density at radius 2 is 1.00 bits per heavy atom. The molecule has 0 bridgehead atoms. The van der Waals surface area contributed by atoms with E-state index in [9.17, 15) is 0 Å². The van der Waals surface area contributed by atoms with Crippen molar-refractivity contribution in [2.24, 2.45) is 0 Å². The Morgan fingerprint density at radius 3 is 1.55 bits per heavy atom. The van der Waals surface area contributed by atoms with Crippen LogP contribution in [-0.4, -0.2) is 0 Å². The Morgan fingerprint density at radius 1 is 0.516 bits per heavy atom. The van der Waals surface area contributed by atoms with Crippen LogP contribution in [0.15, 0.2) is 79.4 Å². The van der Waals surface area contributed by atoms with Crippen molar-refractivity contribution in [3.8, 4) is 11.1 Å². The molecule has 0 saturated carbocycles. The second-order valence-electron chi connectivity index (χ2n) is 8.75. The van der Waals surface area contributed by atoms with Crippen molar-refractivity contribution in [3.05, 3.63) is 84.9 Å². The van der Waals surface area contributed by atoms with Gasteiger partial charge in [-0.2, -0.15) is 0 Å². The molecule has 0 saturated heterocycles. The van der Waals surface area contributed by atoms with E-state index in [0.717, 1.165) is 13.1 Å². The van der Waals surface area contributed by atoms with Crippen LogP contribution in [0.2, 0.25) is 0 Å². The highest BCUT2D eigenvalue weighted by Gasteiger charge is 2.06. The first-order valence-corrected chi connectivity index (χ1v) is 12.4. The molecule has 0 fully saturated rings. The van der Waals surface area contributed by atoms with Crippen LogP contribution < -0.4 is 9.13 Å². The van der Waals surface area contributed by atoms with Gasteiger partial charge in [0.2, 0.25) is 0 Å². The lowest BCUT2D eigenvalue weighted by Crippen LogP contribution is -2.33. The number of hydrogen-bond acceptors (Lipinski definition) is 0. The predicted octanol–water partition coefficient (Wildman–Crippen LogP) is 6.90. The maximum Gasteiger partial charge on any atom is 0.173 e. The van der Waals surface area contributed by atoms with Gasteiger partial charge in [0.1, 0.15) is 6.54 Å². The summed E-state index contributed by atoms with van der Waals surface area (Å²) in [5.74, 6) is 0. The molecule has 2 heteroatoms. The Bertz CT molecular complexity index is 838. The minimum absolute atomic E-state index is 0.911. The molecule has 31 heavy (non-hydrogen) atoms. The second-order valence-corrected chi connectivity index (χ2v) is 8.75. The van der Waals surface area contributed by atoms with Crippen LogP contribution >= 0.6 is 0 Å². The van der Waals surface area contributed by atoms with Gasteiger partial charge in [-0.15, -0.1) is 0 Å². The molecule has 0 radical (unpaired) electrons. The topological polar surface area (TPSA) is 7.76 Å². The number of rotatable bonds is 14. The highest BCUT2D eigenvalue weighted by Crippen LogP contribution is 2.16. The third-order valence-electron chi connectivity index (χ3n) is 6.09. The van der Waals surface area contributed by atoms with Crippen molar-refractivity contribution in [2.75, 3.05) is 0 Å². The van der Waals surface area contributed by atoms with E-state index < -0.39 is 0 Å². The predicted molar refractivity (Wildman–Crippen MR) is 130 cm³/mol. The van der Waals surface area contributed by atoms with Crippen molar-refractivity contribution in [3.63, 3.8) is 0 Å². The maximum absolute atomic E-state index is 2.33. The van der Waals surface area contributed by atoms with E-state index in [1.807, 2.05) is 0 Å². The molecule has 0 aliphatic carbocycles. The number of nitrogens with zero attached hydrogens (tertiary/aromatic N) is 2. The molecule has 0 aliphatic heterocycles. The van der Waals surface area contributed by atoms with Gasteiger partial charge in [-0.25, -0.2) is 9.13 Å². The molecule has 0 N–H and O–H groups in total. The molecule has 2 heterocycles. The molecule has 1 aromatic carbocycles. The molecule has 2 aromatic heterocycles. The molecular weight excluding hydrogens is 376 g/mol. The molecule has 0 aliphatic rings. The van der Waals surface area contributed by atoms with Crippen LogP contribution in [0.3, 0.4) is 0 Å². The number of aryl methyl sites for hydroxylation is 1. The Balaban J connectivity index is 1.35. The molecule has 0 amide bonds. The van der Waals surface area contributed by atoms with E-state index in [1.165, 1.54) is 80.9 Å². The summed E-state index contributed by atoms with van der Waals surface area (Å²) in [4.78, 5) is 0. The van der Waals surface area contributed by atoms with Crippen LogP contribution in [0.5, 0.6) is 0 Å². The second kappa shape index (κ2) is 13.7. The van der Waals surface area contributed by atoms with Crippen molar-refractivity contribution >= 4 is 0 Å². The fourth-order valence-corrected chi connectivity index (χ4v) is 4.13. The van der Waals surface area contributed by atoms with E-state index in [2.05, 4.69) is 95.4 Å². The van der Waals surface area contributed by atoms with Crippen LogP contribution in [0.4, 0.5) is 0 Å². The quantitative estimate of drug-likeness (QED) is 0.199. The standard InChI is InChI=1S/C29H40N2/c1-2-3-4-5-6-7-8-9-10-14-21-30-22-17-28(18-23-30)29-19-24-31(25-20-29)26-27-15-12-11-13-16-27/h11-13,15-20,22-25H,2-10,14,21,26H2,1H3/q+2. The first-order valence-electron chi connectivity index (χ1n) is 12.4. The summed E-state index contributed by atoms with van der Waals surface area (Å²) in [6.45, 7) is 4.33. The lowest BCUT2D eigenvalue weighted by Gasteiger charge is -2.03. The summed E-state index contributed by atoms with van der Waals surface area (Å²) >= 11 is 0. The van der Waals surface area contributed by atoms with Crippen LogP contribution in [0, 0.1) is 0 Å². The highest BCUT2D eigenvalue weighted by atomic mass is 14.9. The monoisotopic (exact) mass is 416 g/mol. The van der Waals surface area contributed by atoms with Crippen LogP contribution in [0.1, 0.15) is 76.7 Å². The van der Waals surface area contributed by atoms with E-state index in [0.29, 0.717) is 0 Å². The maximum atomic E-state index is 2.33. The third-order valence-corrected chi connectivity index (χ3v) is 6.09. The Hall–Kier alpha value is -2.48. The van der Waals surface area contributed by atoms with Gasteiger partial charge in [-0.05, 0) is 17.5 Å². The SMILES string of the molecule is CCCCCCCCCCCC[n+]1ccc(-c2cc[n+](Cc3ccccc3)cc2)cc1. The normalized spacial score (nSPS) is 11.0. The third kappa shape index (κ3) is 8.65. The number of hydrogen-bond donors (Lipinski definition) is 0. The van der Waals surface area contributed by atoms with E-state index in [1.54, 1.807) is 0 Å². The average molecular weight is 417 g/mol. The summed E-state index contributed by atoms with van der Waals surface area (Å²) in [6.07, 6.45) is 22.7. The summed E-state index contributed by atoms with van der Waals surface area (Å²) in [5.41, 5.74) is 3.88. The van der Waals surface area contributed by atoms with Crippen molar-refractivity contribution < 1.29 is 9.13 Å². The van der Waals surface area contributed by atoms with E-state index in [-0.39, 0.29) is 0 Å². The summed E-state index contributed by atoms with van der Waals surface area (Å²) in [6, 6.07) is 19.5. The molecule has 3 rings (SSSR count). The van der Waals surface area contributed by atoms with Gasteiger partial charge in [0.05, 0.1) is 0 Å². The Labute approximate surface area is 189 Å². The minimum Gasteiger partial charge on any atom is -0.205 e. The summed E-state index contributed by atoms with van der Waals surface area (Å²) < 4.78 is 4.56. The molecule has 2 nitrogen and oxygen atoms in total. The first-order chi connectivity index (χ1) is 15.3. The molecule has 0 spiro atoms. The van der Waals surface area contributed by atoms with Crippen molar-refractivity contribution in [1.82, 2.24) is 0 Å². The van der Waals surface area contributed by atoms with Gasteiger partial charge in [0.15, 0.2) is 31.3 Å².